The number of hydrogen-bond donors (Lipinski definition) is 2. The van der Waals surface area contributed by atoms with E-state index >= 15 is 0 Å². The van der Waals surface area contributed by atoms with Crippen LogP contribution < -0.4 is 11.1 Å². The van der Waals surface area contributed by atoms with Gasteiger partial charge in [0, 0.05) is 17.2 Å². The van der Waals surface area contributed by atoms with Gasteiger partial charge in [-0.05, 0) is 12.8 Å². The van der Waals surface area contributed by atoms with Gasteiger partial charge in [-0.1, -0.05) is 43.5 Å². The Bertz CT molecular complexity index is 1100. The first-order chi connectivity index (χ1) is 13.6. The van der Waals surface area contributed by atoms with Gasteiger partial charge in [-0.25, -0.2) is 0 Å². The highest BCUT2D eigenvalue weighted by Crippen LogP contribution is 2.41. The maximum absolute atomic E-state index is 13.3. The van der Waals surface area contributed by atoms with Crippen molar-refractivity contribution in [3.63, 3.8) is 0 Å². The number of anilines is 2. The summed E-state index contributed by atoms with van der Waals surface area (Å²) in [4.78, 5) is 26.4. The summed E-state index contributed by atoms with van der Waals surface area (Å²) in [6.07, 6.45) is 5.07. The van der Waals surface area contributed by atoms with Crippen LogP contribution in [0.25, 0.3) is 0 Å². The fourth-order valence-corrected chi connectivity index (χ4v) is 4.20. The molecule has 2 aromatic carbocycles. The second-order valence-electron chi connectivity index (χ2n) is 7.20. The molecule has 0 aliphatic heterocycles. The molecule has 0 radical (unpaired) electrons. The van der Waals surface area contributed by atoms with Crippen LogP contribution in [0.1, 0.15) is 75.1 Å². The van der Waals surface area contributed by atoms with E-state index < -0.39 is 5.78 Å². The number of nitrogens with zero attached hydrogens (tertiary/aromatic N) is 2. The number of carbonyl (C=O) groups excluding carboxylic acids is 2. The van der Waals surface area contributed by atoms with Crippen LogP contribution in [-0.2, 0) is 0 Å². The van der Waals surface area contributed by atoms with Crippen LogP contribution in [0.15, 0.2) is 24.3 Å². The van der Waals surface area contributed by atoms with Crippen molar-refractivity contribution in [2.45, 2.75) is 38.1 Å². The number of carbonyl (C=O) groups is 2. The Kier molecular flexibility index (Phi) is 4.33. The number of rotatable bonds is 2. The van der Waals surface area contributed by atoms with Crippen molar-refractivity contribution < 1.29 is 9.59 Å². The molecule has 0 atom stereocenters. The summed E-state index contributed by atoms with van der Waals surface area (Å²) >= 11 is 0. The molecule has 2 aliphatic carbocycles. The number of fused-ring (bicyclic) bond motifs is 2. The van der Waals surface area contributed by atoms with Crippen LogP contribution in [0.2, 0.25) is 0 Å². The van der Waals surface area contributed by atoms with Gasteiger partial charge in [-0.3, -0.25) is 9.59 Å². The first-order valence-electron chi connectivity index (χ1n) is 9.33. The molecule has 1 fully saturated rings. The number of nitrogens with one attached hydrogen (secondary N) is 1. The van der Waals surface area contributed by atoms with Crippen molar-refractivity contribution >= 4 is 22.9 Å². The highest BCUT2D eigenvalue weighted by molar-refractivity contribution is 6.32. The minimum Gasteiger partial charge on any atom is -0.397 e. The summed E-state index contributed by atoms with van der Waals surface area (Å²) in [6.45, 7) is 0. The molecule has 3 N–H and O–H groups in total. The topological polar surface area (TPSA) is 120 Å². The van der Waals surface area contributed by atoms with Gasteiger partial charge in [0.1, 0.15) is 12.1 Å². The van der Waals surface area contributed by atoms with Gasteiger partial charge in [-0.15, -0.1) is 0 Å². The number of ketones is 2. The predicted octanol–water partition coefficient (Wildman–Crippen LogP) is 3.53. The van der Waals surface area contributed by atoms with Gasteiger partial charge in [0.2, 0.25) is 0 Å². The zero-order valence-corrected chi connectivity index (χ0v) is 15.2. The molecule has 4 rings (SSSR count). The molecular weight excluding hydrogens is 352 g/mol. The highest BCUT2D eigenvalue weighted by Gasteiger charge is 2.37. The summed E-state index contributed by atoms with van der Waals surface area (Å²) in [5.74, 6) is -0.744. The number of nitrogens with two attached hydrogens (primary N) is 1. The normalized spacial score (nSPS) is 15.9. The minimum absolute atomic E-state index is 0.0255. The van der Waals surface area contributed by atoms with E-state index in [0.29, 0.717) is 5.56 Å². The van der Waals surface area contributed by atoms with E-state index in [2.05, 4.69) is 5.32 Å². The van der Waals surface area contributed by atoms with E-state index in [-0.39, 0.29) is 51.0 Å². The lowest BCUT2D eigenvalue weighted by Gasteiger charge is -2.29. The molecule has 2 aromatic rings. The predicted molar refractivity (Wildman–Crippen MR) is 104 cm³/mol. The highest BCUT2D eigenvalue weighted by atomic mass is 16.1. The van der Waals surface area contributed by atoms with Gasteiger partial charge in [0.15, 0.2) is 11.6 Å². The maximum atomic E-state index is 13.3. The molecule has 0 aromatic heterocycles. The fraction of sp³-hybridized carbons (Fsp3) is 0.273. The van der Waals surface area contributed by atoms with Crippen molar-refractivity contribution in [2.24, 2.45) is 0 Å². The van der Waals surface area contributed by atoms with Crippen molar-refractivity contribution in [2.75, 3.05) is 11.1 Å². The van der Waals surface area contributed by atoms with Crippen molar-refractivity contribution in [3.8, 4) is 12.1 Å². The summed E-state index contributed by atoms with van der Waals surface area (Å²) < 4.78 is 0. The first-order valence-corrected chi connectivity index (χ1v) is 9.33. The van der Waals surface area contributed by atoms with E-state index in [0.717, 1.165) is 32.1 Å². The summed E-state index contributed by atoms with van der Waals surface area (Å²) in [7, 11) is 0. The second kappa shape index (κ2) is 6.83. The Morgan fingerprint density at radius 3 is 2.04 bits per heavy atom. The van der Waals surface area contributed by atoms with E-state index in [9.17, 15) is 20.1 Å². The molecule has 138 valence electrons. The molecule has 1 saturated carbocycles. The summed E-state index contributed by atoms with van der Waals surface area (Å²) in [5.41, 5.74) is 6.97. The lowest BCUT2D eigenvalue weighted by Crippen LogP contribution is -2.29. The third-order valence-electron chi connectivity index (χ3n) is 5.59. The molecule has 0 amide bonds. The van der Waals surface area contributed by atoms with Crippen LogP contribution in [0.5, 0.6) is 0 Å². The molecule has 0 heterocycles. The monoisotopic (exact) mass is 370 g/mol. The smallest absolute Gasteiger partial charge is 0.196 e. The third-order valence-corrected chi connectivity index (χ3v) is 5.59. The zero-order valence-electron chi connectivity index (χ0n) is 15.2. The van der Waals surface area contributed by atoms with E-state index in [1.165, 1.54) is 0 Å². The second-order valence-corrected chi connectivity index (χ2v) is 7.20. The molecule has 0 unspecified atom stereocenters. The number of benzene rings is 2. The zero-order chi connectivity index (χ0) is 19.8. The number of hydrogen-bond acceptors (Lipinski definition) is 6. The largest absolute Gasteiger partial charge is 0.397 e. The average molecular weight is 370 g/mol. The molecular formula is C22H18N4O2. The Labute approximate surface area is 162 Å². The Balaban J connectivity index is 2.00. The van der Waals surface area contributed by atoms with E-state index in [4.69, 9.17) is 5.73 Å². The molecule has 28 heavy (non-hydrogen) atoms. The Hall–Kier alpha value is -3.64. The van der Waals surface area contributed by atoms with Crippen LogP contribution in [0.4, 0.5) is 11.4 Å². The minimum atomic E-state index is -0.393. The maximum Gasteiger partial charge on any atom is 0.196 e. The molecule has 2 aliphatic rings. The third kappa shape index (κ3) is 2.54. The van der Waals surface area contributed by atoms with Crippen LogP contribution in [0.3, 0.4) is 0 Å². The van der Waals surface area contributed by atoms with Crippen LogP contribution >= 0.6 is 0 Å². The van der Waals surface area contributed by atoms with Crippen molar-refractivity contribution in [1.29, 1.82) is 10.5 Å². The summed E-state index contributed by atoms with van der Waals surface area (Å²) in [5, 5.41) is 22.7. The van der Waals surface area contributed by atoms with Gasteiger partial charge >= 0.3 is 0 Å². The Morgan fingerprint density at radius 1 is 0.893 bits per heavy atom. The molecule has 0 bridgehead atoms. The molecule has 0 spiro atoms. The van der Waals surface area contributed by atoms with E-state index in [1.54, 1.807) is 24.3 Å². The van der Waals surface area contributed by atoms with Gasteiger partial charge in [0.25, 0.3) is 0 Å². The summed E-state index contributed by atoms with van der Waals surface area (Å²) in [6, 6.07) is 10.6. The molecule has 6 nitrogen and oxygen atoms in total. The van der Waals surface area contributed by atoms with Gasteiger partial charge < -0.3 is 11.1 Å². The van der Waals surface area contributed by atoms with Crippen LogP contribution in [-0.4, -0.2) is 17.6 Å². The quantitative estimate of drug-likeness (QED) is 0.666. The fourth-order valence-electron chi connectivity index (χ4n) is 4.20. The first kappa shape index (κ1) is 17.8. The lowest BCUT2D eigenvalue weighted by atomic mass is 9.79. The van der Waals surface area contributed by atoms with Gasteiger partial charge in [-0.2, -0.15) is 10.5 Å². The van der Waals surface area contributed by atoms with Crippen molar-refractivity contribution in [3.05, 3.63) is 57.6 Å². The Morgan fingerprint density at radius 2 is 1.46 bits per heavy atom. The van der Waals surface area contributed by atoms with Crippen LogP contribution in [0, 0.1) is 22.7 Å². The van der Waals surface area contributed by atoms with Crippen molar-refractivity contribution in [1.82, 2.24) is 0 Å². The lowest BCUT2D eigenvalue weighted by molar-refractivity contribution is 0.0980. The molecule has 6 heteroatoms. The SMILES string of the molecule is N#Cc1c(N)c2c(c(NC3CCCCC3)c1C#N)C(=O)c1ccccc1C2=O. The number of nitriles is 2. The standard InChI is InChI=1S/C22H18N4O2/c23-10-15-16(11-24)20(26-12-6-2-1-3-7-12)18-17(19(15)25)21(27)13-8-4-5-9-14(13)22(18)28/h4-5,8-9,12,26H,1-3,6-7,25H2. The van der Waals surface area contributed by atoms with E-state index in [1.807, 2.05) is 12.1 Å². The molecule has 0 saturated heterocycles. The van der Waals surface area contributed by atoms with Gasteiger partial charge in [0.05, 0.1) is 33.6 Å². The average Bonchev–Trinajstić information content (AvgIpc) is 2.73. The number of nitrogen functional groups attached to an aromatic ring is 1.